The molecule has 0 saturated carbocycles. The molecule has 0 spiro atoms. The van der Waals surface area contributed by atoms with Crippen LogP contribution in [0.5, 0.6) is 5.75 Å². The van der Waals surface area contributed by atoms with E-state index in [0.29, 0.717) is 5.75 Å². The first-order chi connectivity index (χ1) is 11.9. The minimum absolute atomic E-state index is 0.201. The first kappa shape index (κ1) is 16.9. The van der Waals surface area contributed by atoms with Gasteiger partial charge in [-0.05, 0) is 47.2 Å². The highest BCUT2D eigenvalue weighted by Crippen LogP contribution is 2.20. The Balaban J connectivity index is 1.64. The third kappa shape index (κ3) is 4.13. The molecule has 0 bridgehead atoms. The first-order valence-electron chi connectivity index (χ1n) is 7.37. The lowest BCUT2D eigenvalue weighted by molar-refractivity contribution is -0.121. The lowest BCUT2D eigenvalue weighted by Gasteiger charge is -2.09. The number of carbonyl (C=O) groups excluding carboxylic acids is 1. The molecule has 0 aliphatic carbocycles. The van der Waals surface area contributed by atoms with Gasteiger partial charge in [-0.15, -0.1) is 0 Å². The molecule has 128 valence electrons. The van der Waals surface area contributed by atoms with Gasteiger partial charge in [-0.1, -0.05) is 30.3 Å². The van der Waals surface area contributed by atoms with Crippen LogP contribution in [-0.2, 0) is 14.8 Å². The lowest BCUT2D eigenvalue weighted by atomic mass is 10.1. The maximum atomic E-state index is 12.9. The quantitative estimate of drug-likeness (QED) is 0.760. The van der Waals surface area contributed by atoms with Gasteiger partial charge in [-0.25, -0.2) is 17.5 Å². The Hall–Kier alpha value is -2.93. The third-order valence-corrected chi connectivity index (χ3v) is 4.85. The molecule has 0 radical (unpaired) electrons. The summed E-state index contributed by atoms with van der Waals surface area (Å²) >= 11 is 0. The van der Waals surface area contributed by atoms with Gasteiger partial charge in [0.25, 0.3) is 15.9 Å². The molecule has 0 fully saturated rings. The van der Waals surface area contributed by atoms with Crippen LogP contribution in [0.3, 0.4) is 0 Å². The molecular formula is C18H14FNO4S. The summed E-state index contributed by atoms with van der Waals surface area (Å²) in [6.45, 7) is -0.460. The minimum Gasteiger partial charge on any atom is -0.484 e. The normalized spacial score (nSPS) is 11.2. The first-order valence-corrected chi connectivity index (χ1v) is 8.85. The van der Waals surface area contributed by atoms with Crippen molar-refractivity contribution in [2.75, 3.05) is 6.61 Å². The number of nitrogens with one attached hydrogen (secondary N) is 1. The summed E-state index contributed by atoms with van der Waals surface area (Å²) in [5.41, 5.74) is 0. The van der Waals surface area contributed by atoms with E-state index >= 15 is 0 Å². The SMILES string of the molecule is O=C(COc1ccc2ccccc2c1)NS(=O)(=O)c1ccc(F)cc1. The summed E-state index contributed by atoms with van der Waals surface area (Å²) in [7, 11) is -4.06. The maximum absolute atomic E-state index is 12.9. The molecule has 3 aromatic rings. The van der Waals surface area contributed by atoms with Gasteiger partial charge in [0.2, 0.25) is 0 Å². The molecule has 0 heterocycles. The van der Waals surface area contributed by atoms with Gasteiger partial charge in [0.15, 0.2) is 6.61 Å². The molecule has 0 unspecified atom stereocenters. The third-order valence-electron chi connectivity index (χ3n) is 3.46. The van der Waals surface area contributed by atoms with Crippen LogP contribution in [0.15, 0.2) is 71.6 Å². The number of amides is 1. The van der Waals surface area contributed by atoms with Crippen LogP contribution in [0.25, 0.3) is 10.8 Å². The van der Waals surface area contributed by atoms with Crippen molar-refractivity contribution in [2.45, 2.75) is 4.90 Å². The topological polar surface area (TPSA) is 72.5 Å². The van der Waals surface area contributed by atoms with Crippen LogP contribution in [0.4, 0.5) is 4.39 Å². The zero-order valence-electron chi connectivity index (χ0n) is 13.0. The van der Waals surface area contributed by atoms with Gasteiger partial charge in [-0.3, -0.25) is 4.79 Å². The molecule has 1 amide bonds. The van der Waals surface area contributed by atoms with Crippen LogP contribution < -0.4 is 9.46 Å². The average Bonchev–Trinajstić information content (AvgIpc) is 2.60. The monoisotopic (exact) mass is 359 g/mol. The largest absolute Gasteiger partial charge is 0.484 e. The van der Waals surface area contributed by atoms with E-state index < -0.39 is 28.4 Å². The van der Waals surface area contributed by atoms with Crippen molar-refractivity contribution in [1.29, 1.82) is 0 Å². The number of halogens is 1. The molecule has 0 saturated heterocycles. The van der Waals surface area contributed by atoms with Gasteiger partial charge in [0.05, 0.1) is 4.90 Å². The van der Waals surface area contributed by atoms with Gasteiger partial charge in [-0.2, -0.15) is 0 Å². The summed E-state index contributed by atoms with van der Waals surface area (Å²) in [4.78, 5) is 11.6. The highest BCUT2D eigenvalue weighted by Gasteiger charge is 2.18. The van der Waals surface area contributed by atoms with Crippen molar-refractivity contribution in [3.8, 4) is 5.75 Å². The van der Waals surface area contributed by atoms with E-state index in [1.807, 2.05) is 35.1 Å². The van der Waals surface area contributed by atoms with Crippen LogP contribution >= 0.6 is 0 Å². The smallest absolute Gasteiger partial charge is 0.271 e. The number of hydrogen-bond donors (Lipinski definition) is 1. The molecule has 3 rings (SSSR count). The highest BCUT2D eigenvalue weighted by atomic mass is 32.2. The minimum atomic E-state index is -4.06. The Morgan fingerprint density at radius 2 is 1.64 bits per heavy atom. The predicted octanol–water partition coefficient (Wildman–Crippen LogP) is 2.86. The van der Waals surface area contributed by atoms with Crippen molar-refractivity contribution in [3.05, 3.63) is 72.5 Å². The second-order valence-corrected chi connectivity index (χ2v) is 6.96. The van der Waals surface area contributed by atoms with Crippen molar-refractivity contribution in [3.63, 3.8) is 0 Å². The Morgan fingerprint density at radius 3 is 2.36 bits per heavy atom. The summed E-state index contributed by atoms with van der Waals surface area (Å²) in [5.74, 6) is -0.935. The van der Waals surface area contributed by atoms with Crippen molar-refractivity contribution in [2.24, 2.45) is 0 Å². The van der Waals surface area contributed by atoms with Crippen LogP contribution in [0.2, 0.25) is 0 Å². The number of rotatable bonds is 5. The van der Waals surface area contributed by atoms with E-state index in [0.717, 1.165) is 35.0 Å². The van der Waals surface area contributed by atoms with E-state index in [2.05, 4.69) is 0 Å². The van der Waals surface area contributed by atoms with Gasteiger partial charge in [0.1, 0.15) is 11.6 Å². The maximum Gasteiger partial charge on any atom is 0.271 e. The Bertz CT molecular complexity index is 1020. The molecule has 0 atom stereocenters. The van der Waals surface area contributed by atoms with Gasteiger partial charge < -0.3 is 4.74 Å². The Labute approximate surface area is 144 Å². The van der Waals surface area contributed by atoms with Gasteiger partial charge >= 0.3 is 0 Å². The number of hydrogen-bond acceptors (Lipinski definition) is 4. The Morgan fingerprint density at radius 1 is 0.960 bits per heavy atom. The van der Waals surface area contributed by atoms with Crippen molar-refractivity contribution < 1.29 is 22.3 Å². The molecule has 7 heteroatoms. The number of benzene rings is 3. The summed E-state index contributed by atoms with van der Waals surface area (Å²) in [5, 5.41) is 1.97. The number of fused-ring (bicyclic) bond motifs is 1. The van der Waals surface area contributed by atoms with Crippen molar-refractivity contribution in [1.82, 2.24) is 4.72 Å². The fraction of sp³-hybridized carbons (Fsp3) is 0.0556. The zero-order valence-corrected chi connectivity index (χ0v) is 13.8. The molecule has 3 aromatic carbocycles. The van der Waals surface area contributed by atoms with Crippen molar-refractivity contribution >= 4 is 26.7 Å². The van der Waals surface area contributed by atoms with Crippen LogP contribution in [-0.4, -0.2) is 20.9 Å². The fourth-order valence-corrected chi connectivity index (χ4v) is 3.23. The molecule has 0 aliphatic heterocycles. The van der Waals surface area contributed by atoms with E-state index in [1.54, 1.807) is 12.1 Å². The highest BCUT2D eigenvalue weighted by molar-refractivity contribution is 7.90. The van der Waals surface area contributed by atoms with Crippen LogP contribution in [0, 0.1) is 5.82 Å². The zero-order chi connectivity index (χ0) is 17.9. The summed E-state index contributed by atoms with van der Waals surface area (Å²) in [6.07, 6.45) is 0. The number of carbonyl (C=O) groups is 1. The lowest BCUT2D eigenvalue weighted by Crippen LogP contribution is -2.34. The number of ether oxygens (including phenoxy) is 1. The number of sulfonamides is 1. The van der Waals surface area contributed by atoms with E-state index in [1.165, 1.54) is 0 Å². The van der Waals surface area contributed by atoms with Crippen LogP contribution in [0.1, 0.15) is 0 Å². The van der Waals surface area contributed by atoms with E-state index in [4.69, 9.17) is 4.74 Å². The second-order valence-electron chi connectivity index (χ2n) is 5.28. The predicted molar refractivity (Wildman–Crippen MR) is 91.2 cm³/mol. The standard InChI is InChI=1S/C18H14FNO4S/c19-15-6-9-17(10-7-15)25(22,23)20-18(21)12-24-16-8-5-13-3-1-2-4-14(13)11-16/h1-11H,12H2,(H,20,21). The molecule has 0 aliphatic rings. The fourth-order valence-electron chi connectivity index (χ4n) is 2.26. The summed E-state index contributed by atoms with van der Waals surface area (Å²) in [6, 6.07) is 17.1. The molecule has 1 N–H and O–H groups in total. The molecular weight excluding hydrogens is 345 g/mol. The Kier molecular flexibility index (Phi) is 4.67. The second kappa shape index (κ2) is 6.90. The molecule has 0 aromatic heterocycles. The average molecular weight is 359 g/mol. The van der Waals surface area contributed by atoms with Gasteiger partial charge in [0, 0.05) is 0 Å². The molecule has 5 nitrogen and oxygen atoms in total. The van der Waals surface area contributed by atoms with E-state index in [-0.39, 0.29) is 4.90 Å². The summed E-state index contributed by atoms with van der Waals surface area (Å²) < 4.78 is 44.1. The van der Waals surface area contributed by atoms with E-state index in [9.17, 15) is 17.6 Å². The molecule has 25 heavy (non-hydrogen) atoms.